The van der Waals surface area contributed by atoms with Gasteiger partial charge >= 0.3 is 0 Å². The van der Waals surface area contributed by atoms with Gasteiger partial charge in [0.25, 0.3) is 5.91 Å². The van der Waals surface area contributed by atoms with E-state index in [9.17, 15) is 14.4 Å². The number of benzene rings is 1. The van der Waals surface area contributed by atoms with Gasteiger partial charge in [0.15, 0.2) is 0 Å². The highest BCUT2D eigenvalue weighted by Gasteiger charge is 2.52. The normalized spacial score (nSPS) is 22.8. The zero-order valence-electron chi connectivity index (χ0n) is 25.8. The van der Waals surface area contributed by atoms with Gasteiger partial charge in [0, 0.05) is 55.5 Å². The number of amides is 3. The van der Waals surface area contributed by atoms with Crippen molar-refractivity contribution in [2.24, 2.45) is 0 Å². The summed E-state index contributed by atoms with van der Waals surface area (Å²) in [5.41, 5.74) is 5.58. The van der Waals surface area contributed by atoms with Gasteiger partial charge in [0.1, 0.15) is 11.9 Å². The molecule has 2 aliphatic heterocycles. The van der Waals surface area contributed by atoms with Crippen LogP contribution in [0.5, 0.6) is 0 Å². The van der Waals surface area contributed by atoms with Crippen LogP contribution in [0.25, 0.3) is 17.0 Å². The summed E-state index contributed by atoms with van der Waals surface area (Å²) in [6, 6.07) is 6.92. The van der Waals surface area contributed by atoms with Gasteiger partial charge in [-0.25, -0.2) is 4.98 Å². The molecule has 3 aliphatic rings. The predicted molar refractivity (Wildman–Crippen MR) is 170 cm³/mol. The Bertz CT molecular complexity index is 1880. The minimum absolute atomic E-state index is 0.128. The number of aromatic nitrogens is 4. The highest BCUT2D eigenvalue weighted by molar-refractivity contribution is 6.06. The first-order valence-corrected chi connectivity index (χ1v) is 15.4. The molecule has 1 aliphatic carbocycles. The second kappa shape index (κ2) is 12.1. The number of anilines is 1. The topological polar surface area (TPSA) is 151 Å². The molecule has 0 unspecified atom stereocenters. The zero-order chi connectivity index (χ0) is 31.8. The maximum Gasteiger partial charge on any atom is 0.253 e. The third-order valence-electron chi connectivity index (χ3n) is 9.07. The van der Waals surface area contributed by atoms with E-state index in [2.05, 4.69) is 30.8 Å². The number of rotatable bonds is 2. The van der Waals surface area contributed by atoms with Crippen molar-refractivity contribution in [2.45, 2.75) is 37.6 Å². The first-order valence-electron chi connectivity index (χ1n) is 15.4. The van der Waals surface area contributed by atoms with Crippen molar-refractivity contribution in [3.63, 3.8) is 0 Å². The van der Waals surface area contributed by atoms with E-state index in [0.29, 0.717) is 57.2 Å². The number of carbonyl (C=O) groups excluding carboxylic acids is 3. The second-order valence-electron chi connectivity index (χ2n) is 12.2. The molecule has 0 saturated carbocycles. The van der Waals surface area contributed by atoms with Gasteiger partial charge < -0.3 is 25.0 Å². The van der Waals surface area contributed by atoms with Crippen molar-refractivity contribution in [2.75, 3.05) is 45.3 Å². The number of aryl methyl sites for hydroxylation is 1. The van der Waals surface area contributed by atoms with Gasteiger partial charge in [-0.3, -0.25) is 24.5 Å². The van der Waals surface area contributed by atoms with Crippen LogP contribution in [0, 0.1) is 6.92 Å². The Morgan fingerprint density at radius 2 is 1.87 bits per heavy atom. The zero-order valence-corrected chi connectivity index (χ0v) is 25.8. The lowest BCUT2D eigenvalue weighted by molar-refractivity contribution is -0.132. The van der Waals surface area contributed by atoms with Crippen molar-refractivity contribution in [1.82, 2.24) is 30.4 Å². The average Bonchev–Trinajstić information content (AvgIpc) is 3.75. The van der Waals surface area contributed by atoms with Gasteiger partial charge in [0.2, 0.25) is 11.8 Å². The summed E-state index contributed by atoms with van der Waals surface area (Å²) in [6.07, 6.45) is 9.90. The third-order valence-corrected chi connectivity index (χ3v) is 9.07. The van der Waals surface area contributed by atoms with Crippen molar-refractivity contribution in [1.29, 1.82) is 0 Å². The lowest BCUT2D eigenvalue weighted by atomic mass is 9.79. The molecule has 0 fully saturated rings. The molecule has 0 saturated heterocycles. The average molecular weight is 622 g/mol. The molecule has 4 aromatic rings. The van der Waals surface area contributed by atoms with E-state index in [0.717, 1.165) is 44.4 Å². The Morgan fingerprint density at radius 3 is 2.76 bits per heavy atom. The maximum absolute atomic E-state index is 13.8. The van der Waals surface area contributed by atoms with E-state index < -0.39 is 17.4 Å². The number of nitrogens with one attached hydrogen (secondary N) is 3. The summed E-state index contributed by atoms with van der Waals surface area (Å²) in [5, 5.41) is 14.0. The number of ether oxygens (including phenoxy) is 2. The summed E-state index contributed by atoms with van der Waals surface area (Å²) in [5.74, 6) is -0.229. The molecule has 236 valence electrons. The van der Waals surface area contributed by atoms with E-state index in [-0.39, 0.29) is 18.2 Å². The number of pyridine rings is 2. The summed E-state index contributed by atoms with van der Waals surface area (Å²) in [6.45, 7) is 3.82. The first-order chi connectivity index (χ1) is 22.3. The highest BCUT2D eigenvalue weighted by atomic mass is 16.5. The molecular weight excluding hydrogens is 586 g/mol. The molecule has 46 heavy (non-hydrogen) atoms. The molecule has 12 heteroatoms. The predicted octanol–water partition coefficient (Wildman–Crippen LogP) is 2.51. The van der Waals surface area contributed by atoms with E-state index in [4.69, 9.17) is 9.47 Å². The van der Waals surface area contributed by atoms with Gasteiger partial charge in [-0.15, -0.1) is 0 Å². The van der Waals surface area contributed by atoms with E-state index in [1.165, 1.54) is 6.20 Å². The first kappa shape index (κ1) is 29.8. The molecule has 0 radical (unpaired) electrons. The molecule has 3 N–H and O–H groups in total. The van der Waals surface area contributed by atoms with Crippen LogP contribution >= 0.6 is 0 Å². The fraction of sp³-hybridized carbons (Fsp3) is 0.353. The molecular formula is C34H35N7O5. The summed E-state index contributed by atoms with van der Waals surface area (Å²) < 4.78 is 11.4. The molecule has 12 nitrogen and oxygen atoms in total. The van der Waals surface area contributed by atoms with Crippen LogP contribution < -0.4 is 10.6 Å². The number of fused-ring (bicyclic) bond motifs is 3. The Labute approximate surface area is 265 Å². The molecule has 3 amide bonds. The second-order valence-corrected chi connectivity index (χ2v) is 12.2. The lowest BCUT2D eigenvalue weighted by Gasteiger charge is -2.25. The molecule has 5 bridgehead atoms. The summed E-state index contributed by atoms with van der Waals surface area (Å²) >= 11 is 0. The van der Waals surface area contributed by atoms with Gasteiger partial charge in [-0.05, 0) is 53.8 Å². The van der Waals surface area contributed by atoms with Gasteiger partial charge in [-0.2, -0.15) is 5.10 Å². The number of nitrogens with zero attached hydrogens (tertiary/aromatic N) is 4. The number of hydrogen-bond donors (Lipinski definition) is 3. The number of likely N-dealkylation sites (N-methyl/N-ethyl adjacent to an activating group) is 1. The number of hydrogen-bond acceptors (Lipinski definition) is 8. The van der Waals surface area contributed by atoms with Crippen LogP contribution in [0.15, 0.2) is 48.9 Å². The Kier molecular flexibility index (Phi) is 7.83. The minimum Gasteiger partial charge on any atom is -0.377 e. The van der Waals surface area contributed by atoms with E-state index in [1.54, 1.807) is 30.4 Å². The number of aromatic amines is 1. The van der Waals surface area contributed by atoms with Crippen LogP contribution in [0.4, 0.5) is 5.82 Å². The SMILES string of the molecule is Cc1cc(C[C@@H]2NC(=O)c3cnc4c(c3)C[C@@]3(C4)C(=O)Nc4ncc(cc43)/C=C\COCCOCCN(C)C2=O)cc2cn[nH]c12. The Balaban J connectivity index is 1.20. The van der Waals surface area contributed by atoms with Crippen LogP contribution in [0.3, 0.4) is 0 Å². The summed E-state index contributed by atoms with van der Waals surface area (Å²) in [7, 11) is 1.70. The van der Waals surface area contributed by atoms with Crippen LogP contribution in [0.2, 0.25) is 0 Å². The third kappa shape index (κ3) is 5.54. The van der Waals surface area contributed by atoms with Crippen LogP contribution in [-0.2, 0) is 43.7 Å². The Hall–Kier alpha value is -4.94. The molecule has 5 heterocycles. The van der Waals surface area contributed by atoms with Crippen LogP contribution in [-0.4, -0.2) is 88.8 Å². The van der Waals surface area contributed by atoms with E-state index >= 15 is 0 Å². The fourth-order valence-electron chi connectivity index (χ4n) is 6.63. The molecule has 2 atom stereocenters. The highest BCUT2D eigenvalue weighted by Crippen LogP contribution is 2.46. The molecule has 1 aromatic carbocycles. The Morgan fingerprint density at radius 1 is 1.00 bits per heavy atom. The van der Waals surface area contributed by atoms with Gasteiger partial charge in [0.05, 0.1) is 49.1 Å². The van der Waals surface area contributed by atoms with Crippen molar-refractivity contribution in [3.05, 3.63) is 88.0 Å². The lowest BCUT2D eigenvalue weighted by Crippen LogP contribution is -2.49. The number of H-pyrrole nitrogens is 1. The van der Waals surface area contributed by atoms with Crippen LogP contribution in [0.1, 0.15) is 43.9 Å². The van der Waals surface area contributed by atoms with Crippen molar-refractivity contribution < 1.29 is 23.9 Å². The summed E-state index contributed by atoms with van der Waals surface area (Å²) in [4.78, 5) is 51.7. The van der Waals surface area contributed by atoms with Gasteiger partial charge in [-0.1, -0.05) is 18.2 Å². The quantitative estimate of drug-likeness (QED) is 0.309. The standard InChI is InChI=1S/C34H35N7O5/c1-20-10-22(11-24-19-37-40-29(20)24)13-27-32(43)41(2)5-7-46-9-8-45-6-3-4-21-12-26-30(36-17-21)39-33(44)34(26)15-23-14-25(31(42)38-27)18-35-28(23)16-34/h3-4,10-12,14,17-19,27H,5-9,13,15-16H2,1-2H3,(H,37,40)(H,38,42)(H,36,39,44)/b4-3-/t27-,34-/m0/s1. The smallest absolute Gasteiger partial charge is 0.253 e. The van der Waals surface area contributed by atoms with Crippen molar-refractivity contribution >= 4 is 40.5 Å². The van der Waals surface area contributed by atoms with E-state index in [1.807, 2.05) is 37.3 Å². The van der Waals surface area contributed by atoms with Crippen molar-refractivity contribution in [3.8, 4) is 0 Å². The maximum atomic E-state index is 13.8. The fourth-order valence-corrected chi connectivity index (χ4v) is 6.63. The molecule has 3 aromatic heterocycles. The largest absolute Gasteiger partial charge is 0.377 e. The molecule has 1 spiro atoms. The minimum atomic E-state index is -0.855. The number of carbonyl (C=O) groups is 3. The molecule has 7 rings (SSSR count). The monoisotopic (exact) mass is 621 g/mol.